The fraction of sp³-hybridized carbons (Fsp3) is 0.800. The maximum atomic E-state index is 12.6. The number of carbonyl (C=O) groups is 3. The number of unbranched alkanes of at least 4 members (excludes halogenated alkanes) is 27. The van der Waals surface area contributed by atoms with E-state index < -0.39 is 24.0 Å². The van der Waals surface area contributed by atoms with Crippen LogP contribution >= 0.6 is 0 Å². The second kappa shape index (κ2) is 40.4. The van der Waals surface area contributed by atoms with Crippen LogP contribution in [0.15, 0.2) is 36.5 Å². The molecule has 51 heavy (non-hydrogen) atoms. The van der Waals surface area contributed by atoms with Crippen LogP contribution in [-0.2, 0) is 28.6 Å². The average Bonchev–Trinajstić information content (AvgIpc) is 3.12. The lowest BCUT2D eigenvalue weighted by atomic mass is 10.1. The Morgan fingerprint density at radius 2 is 0.627 bits per heavy atom. The first-order valence-electron chi connectivity index (χ1n) is 21.6. The second-order valence-corrected chi connectivity index (χ2v) is 14.4. The van der Waals surface area contributed by atoms with Gasteiger partial charge in [0.1, 0.15) is 13.2 Å². The molecule has 0 fully saturated rings. The molecular weight excluding hydrogens is 636 g/mol. The highest BCUT2D eigenvalue weighted by molar-refractivity contribution is 5.83. The molecule has 0 rings (SSSR count). The van der Waals surface area contributed by atoms with E-state index in [2.05, 4.69) is 20.8 Å². The van der Waals surface area contributed by atoms with E-state index in [1.807, 2.05) is 18.2 Å². The van der Waals surface area contributed by atoms with Crippen LogP contribution in [0.3, 0.4) is 0 Å². The lowest BCUT2D eigenvalue weighted by molar-refractivity contribution is -0.160. The maximum Gasteiger partial charge on any atom is 0.330 e. The standard InChI is InChI=1S/C45H80O6/c1-4-7-10-13-16-19-22-25-28-31-34-37-43(46)49-40-42(51-45(48)39-36-33-30-27-24-21-18-15-12-9-6-3)41-50-44(47)38-35-32-29-26-23-20-17-14-11-8-5-2/h34-39,42H,4-33,40-41H2,1-3H3/b37-34-,38-35-,39-36-. The Balaban J connectivity index is 4.53. The average molecular weight is 717 g/mol. The van der Waals surface area contributed by atoms with Crippen LogP contribution in [0, 0.1) is 0 Å². The Bertz CT molecular complexity index is 828. The van der Waals surface area contributed by atoms with Crippen molar-refractivity contribution >= 4 is 17.9 Å². The zero-order chi connectivity index (χ0) is 37.3. The number of rotatable bonds is 38. The van der Waals surface area contributed by atoms with E-state index in [0.717, 1.165) is 57.8 Å². The van der Waals surface area contributed by atoms with Gasteiger partial charge in [0.05, 0.1) is 0 Å². The van der Waals surface area contributed by atoms with Crippen LogP contribution in [-0.4, -0.2) is 37.2 Å². The predicted molar refractivity (Wildman–Crippen MR) is 215 cm³/mol. The van der Waals surface area contributed by atoms with Crippen LogP contribution in [0.5, 0.6) is 0 Å². The van der Waals surface area contributed by atoms with Crippen molar-refractivity contribution in [3.8, 4) is 0 Å². The highest BCUT2D eigenvalue weighted by atomic mass is 16.6. The molecule has 0 aliphatic heterocycles. The minimum absolute atomic E-state index is 0.172. The first kappa shape index (κ1) is 48.6. The Morgan fingerprint density at radius 1 is 0.373 bits per heavy atom. The summed E-state index contributed by atoms with van der Waals surface area (Å²) < 4.78 is 16.3. The van der Waals surface area contributed by atoms with Crippen LogP contribution in [0.1, 0.15) is 213 Å². The lowest BCUT2D eigenvalue weighted by Gasteiger charge is -2.16. The number of carbonyl (C=O) groups excluding carboxylic acids is 3. The third kappa shape index (κ3) is 38.7. The monoisotopic (exact) mass is 717 g/mol. The van der Waals surface area contributed by atoms with Crippen LogP contribution < -0.4 is 0 Å². The highest BCUT2D eigenvalue weighted by Gasteiger charge is 2.17. The van der Waals surface area contributed by atoms with E-state index in [1.54, 1.807) is 0 Å². The Hall–Kier alpha value is -2.37. The summed E-state index contributed by atoms with van der Waals surface area (Å²) in [5.41, 5.74) is 0. The van der Waals surface area contributed by atoms with E-state index in [1.165, 1.54) is 153 Å². The van der Waals surface area contributed by atoms with Gasteiger partial charge in [-0.2, -0.15) is 0 Å². The summed E-state index contributed by atoms with van der Waals surface area (Å²) >= 11 is 0. The molecule has 0 spiro atoms. The molecular formula is C45H80O6. The molecule has 6 heteroatoms. The van der Waals surface area contributed by atoms with Gasteiger partial charge in [-0.05, 0) is 38.5 Å². The molecule has 0 atom stereocenters. The lowest BCUT2D eigenvalue weighted by Crippen LogP contribution is -2.30. The minimum atomic E-state index is -0.876. The molecule has 0 N–H and O–H groups in total. The highest BCUT2D eigenvalue weighted by Crippen LogP contribution is 2.13. The van der Waals surface area contributed by atoms with E-state index in [-0.39, 0.29) is 13.2 Å². The summed E-state index contributed by atoms with van der Waals surface area (Å²) in [6, 6.07) is 0. The van der Waals surface area contributed by atoms with Gasteiger partial charge in [-0.25, -0.2) is 14.4 Å². The number of hydrogen-bond acceptors (Lipinski definition) is 6. The molecule has 0 aromatic heterocycles. The van der Waals surface area contributed by atoms with Gasteiger partial charge < -0.3 is 14.2 Å². The Labute approximate surface area is 315 Å². The van der Waals surface area contributed by atoms with Gasteiger partial charge in [-0.1, -0.05) is 193 Å². The molecule has 0 amide bonds. The summed E-state index contributed by atoms with van der Waals surface area (Å²) in [5, 5.41) is 0. The summed E-state index contributed by atoms with van der Waals surface area (Å²) in [6.45, 7) is 6.38. The summed E-state index contributed by atoms with van der Waals surface area (Å²) in [7, 11) is 0. The number of ether oxygens (including phenoxy) is 3. The van der Waals surface area contributed by atoms with Gasteiger partial charge >= 0.3 is 17.9 Å². The molecule has 0 radical (unpaired) electrons. The van der Waals surface area contributed by atoms with E-state index in [9.17, 15) is 14.4 Å². The number of esters is 3. The summed E-state index contributed by atoms with van der Waals surface area (Å²) in [4.78, 5) is 37.3. The molecule has 0 aliphatic carbocycles. The smallest absolute Gasteiger partial charge is 0.330 e. The van der Waals surface area contributed by atoms with Gasteiger partial charge in [0, 0.05) is 18.2 Å². The number of allylic oxidation sites excluding steroid dienone is 3. The molecule has 0 aromatic carbocycles. The van der Waals surface area contributed by atoms with Crippen molar-refractivity contribution in [1.29, 1.82) is 0 Å². The Morgan fingerprint density at radius 3 is 0.922 bits per heavy atom. The van der Waals surface area contributed by atoms with Gasteiger partial charge in [0.2, 0.25) is 0 Å². The zero-order valence-corrected chi connectivity index (χ0v) is 33.6. The molecule has 0 aromatic rings. The molecule has 6 nitrogen and oxygen atoms in total. The molecule has 0 saturated heterocycles. The van der Waals surface area contributed by atoms with Crippen LogP contribution in [0.25, 0.3) is 0 Å². The fourth-order valence-corrected chi connectivity index (χ4v) is 6.02. The van der Waals surface area contributed by atoms with E-state index in [4.69, 9.17) is 14.2 Å². The maximum absolute atomic E-state index is 12.6. The van der Waals surface area contributed by atoms with Crippen LogP contribution in [0.2, 0.25) is 0 Å². The fourth-order valence-electron chi connectivity index (χ4n) is 6.02. The van der Waals surface area contributed by atoms with Crippen molar-refractivity contribution < 1.29 is 28.6 Å². The predicted octanol–water partition coefficient (Wildman–Crippen LogP) is 13.4. The van der Waals surface area contributed by atoms with Gasteiger partial charge in [0.15, 0.2) is 6.10 Å². The van der Waals surface area contributed by atoms with E-state index in [0.29, 0.717) is 0 Å². The number of hydrogen-bond donors (Lipinski definition) is 0. The third-order valence-electron chi connectivity index (χ3n) is 9.29. The summed E-state index contributed by atoms with van der Waals surface area (Å²) in [5.74, 6) is -1.50. The first-order chi connectivity index (χ1) is 25.0. The molecule has 0 aliphatic rings. The van der Waals surface area contributed by atoms with E-state index >= 15 is 0 Å². The SMILES string of the molecule is CCCCCCCCCCC/C=C\C(=O)OCC(COC(=O)/C=C\CCCCCCCCCCC)OC(=O)/C=C\CCCCCCCCCCC. The van der Waals surface area contributed by atoms with Gasteiger partial charge in [-0.3, -0.25) is 0 Å². The molecule has 0 bridgehead atoms. The van der Waals surface area contributed by atoms with Crippen LogP contribution in [0.4, 0.5) is 0 Å². The van der Waals surface area contributed by atoms with Crippen molar-refractivity contribution in [1.82, 2.24) is 0 Å². The van der Waals surface area contributed by atoms with Crippen molar-refractivity contribution in [2.45, 2.75) is 219 Å². The molecule has 0 unspecified atom stereocenters. The summed E-state index contributed by atoms with van der Waals surface area (Å²) in [6.07, 6.45) is 45.4. The van der Waals surface area contributed by atoms with Gasteiger partial charge in [-0.15, -0.1) is 0 Å². The second-order valence-electron chi connectivity index (χ2n) is 14.4. The topological polar surface area (TPSA) is 78.9 Å². The third-order valence-corrected chi connectivity index (χ3v) is 9.29. The molecule has 0 heterocycles. The largest absolute Gasteiger partial charge is 0.458 e. The van der Waals surface area contributed by atoms with Crippen molar-refractivity contribution in [3.63, 3.8) is 0 Å². The molecule has 0 saturated carbocycles. The van der Waals surface area contributed by atoms with Crippen molar-refractivity contribution in [2.75, 3.05) is 13.2 Å². The quantitative estimate of drug-likeness (QED) is 0.0274. The minimum Gasteiger partial charge on any atom is -0.458 e. The van der Waals surface area contributed by atoms with Crippen molar-refractivity contribution in [2.24, 2.45) is 0 Å². The normalized spacial score (nSPS) is 11.8. The Kier molecular flexibility index (Phi) is 38.5. The first-order valence-corrected chi connectivity index (χ1v) is 21.6. The molecule has 296 valence electrons. The van der Waals surface area contributed by atoms with Crippen molar-refractivity contribution in [3.05, 3.63) is 36.5 Å². The zero-order valence-electron chi connectivity index (χ0n) is 33.6. The van der Waals surface area contributed by atoms with Gasteiger partial charge in [0.25, 0.3) is 0 Å².